The molecule has 0 unspecified atom stereocenters. The summed E-state index contributed by atoms with van der Waals surface area (Å²) in [6.07, 6.45) is 2.37. The molecule has 1 fully saturated rings. The van der Waals surface area contributed by atoms with Gasteiger partial charge in [-0.15, -0.1) is 0 Å². The Labute approximate surface area is 85.0 Å². The van der Waals surface area contributed by atoms with Crippen molar-refractivity contribution in [2.24, 2.45) is 0 Å². The summed E-state index contributed by atoms with van der Waals surface area (Å²) in [7, 11) is 0.0956. The van der Waals surface area contributed by atoms with E-state index in [-0.39, 0.29) is 0 Å². The lowest BCUT2D eigenvalue weighted by Crippen LogP contribution is -2.48. The number of rotatable bonds is 3. The van der Waals surface area contributed by atoms with Crippen LogP contribution in [0.3, 0.4) is 0 Å². The second-order valence-corrected chi connectivity index (χ2v) is 5.46. The molecule has 84 valence electrons. The SMILES string of the molecule is COC1(OC)CCN(S(C)(=O)=O)CC1. The Balaban J connectivity index is 2.62. The number of hydrogen-bond donors (Lipinski definition) is 0. The first-order chi connectivity index (χ1) is 6.43. The minimum absolute atomic E-state index is 0.459. The topological polar surface area (TPSA) is 55.8 Å². The Morgan fingerprint density at radius 2 is 1.57 bits per heavy atom. The monoisotopic (exact) mass is 223 g/mol. The van der Waals surface area contributed by atoms with Gasteiger partial charge < -0.3 is 9.47 Å². The zero-order chi connectivity index (χ0) is 10.8. The van der Waals surface area contributed by atoms with Crippen molar-refractivity contribution in [1.82, 2.24) is 4.31 Å². The van der Waals surface area contributed by atoms with E-state index in [9.17, 15) is 8.42 Å². The number of ether oxygens (including phenoxy) is 2. The van der Waals surface area contributed by atoms with E-state index in [0.717, 1.165) is 0 Å². The molecule has 1 aliphatic heterocycles. The van der Waals surface area contributed by atoms with Crippen LogP contribution in [-0.2, 0) is 19.5 Å². The number of nitrogens with zero attached hydrogens (tertiary/aromatic N) is 1. The Kier molecular flexibility index (Phi) is 3.52. The standard InChI is InChI=1S/C8H17NO4S/c1-12-8(13-2)4-6-9(7-5-8)14(3,10)11/h4-7H2,1-3H3. The van der Waals surface area contributed by atoms with Crippen LogP contribution in [0.1, 0.15) is 12.8 Å². The molecule has 5 nitrogen and oxygen atoms in total. The van der Waals surface area contributed by atoms with Crippen LogP contribution in [0.4, 0.5) is 0 Å². The Hall–Kier alpha value is -0.170. The van der Waals surface area contributed by atoms with Crippen molar-refractivity contribution in [2.45, 2.75) is 18.6 Å². The summed E-state index contributed by atoms with van der Waals surface area (Å²) >= 11 is 0. The summed E-state index contributed by atoms with van der Waals surface area (Å²) in [5.41, 5.74) is 0. The predicted octanol–water partition coefficient (Wildman–Crippen LogP) is 0.0309. The molecule has 0 saturated carbocycles. The van der Waals surface area contributed by atoms with Gasteiger partial charge in [-0.05, 0) is 0 Å². The van der Waals surface area contributed by atoms with E-state index in [4.69, 9.17) is 9.47 Å². The molecule has 0 aromatic carbocycles. The Morgan fingerprint density at radius 1 is 1.14 bits per heavy atom. The number of hydrogen-bond acceptors (Lipinski definition) is 4. The van der Waals surface area contributed by atoms with Crippen LogP contribution in [0.2, 0.25) is 0 Å². The van der Waals surface area contributed by atoms with Crippen molar-refractivity contribution < 1.29 is 17.9 Å². The molecule has 1 rings (SSSR count). The number of methoxy groups -OCH3 is 2. The zero-order valence-electron chi connectivity index (χ0n) is 8.82. The smallest absolute Gasteiger partial charge is 0.211 e. The van der Waals surface area contributed by atoms with Crippen molar-refractivity contribution in [1.29, 1.82) is 0 Å². The van der Waals surface area contributed by atoms with E-state index in [2.05, 4.69) is 0 Å². The van der Waals surface area contributed by atoms with Gasteiger partial charge >= 0.3 is 0 Å². The number of piperidine rings is 1. The molecule has 0 amide bonds. The third kappa shape index (κ3) is 2.44. The molecule has 0 aromatic heterocycles. The highest BCUT2D eigenvalue weighted by molar-refractivity contribution is 7.88. The molecule has 1 aliphatic rings. The van der Waals surface area contributed by atoms with Crippen LogP contribution in [0.25, 0.3) is 0 Å². The molecule has 0 radical (unpaired) electrons. The molecule has 1 heterocycles. The first kappa shape index (κ1) is 11.9. The molecule has 0 spiro atoms. The third-order valence-electron chi connectivity index (χ3n) is 2.70. The Morgan fingerprint density at radius 3 is 1.86 bits per heavy atom. The van der Waals surface area contributed by atoms with Gasteiger partial charge in [-0.1, -0.05) is 0 Å². The highest BCUT2D eigenvalue weighted by Gasteiger charge is 2.36. The highest BCUT2D eigenvalue weighted by Crippen LogP contribution is 2.27. The van der Waals surface area contributed by atoms with Gasteiger partial charge in [0.15, 0.2) is 5.79 Å². The molecular formula is C8H17NO4S. The van der Waals surface area contributed by atoms with Crippen LogP contribution in [0.5, 0.6) is 0 Å². The van der Waals surface area contributed by atoms with Gasteiger partial charge in [0.1, 0.15) is 0 Å². The van der Waals surface area contributed by atoms with Crippen LogP contribution in [0.15, 0.2) is 0 Å². The van der Waals surface area contributed by atoms with Crippen molar-refractivity contribution in [2.75, 3.05) is 33.6 Å². The van der Waals surface area contributed by atoms with Gasteiger partial charge in [0.25, 0.3) is 0 Å². The fourth-order valence-electron chi connectivity index (χ4n) is 1.65. The molecule has 0 bridgehead atoms. The number of sulfonamides is 1. The minimum atomic E-state index is -3.07. The maximum Gasteiger partial charge on any atom is 0.211 e. The molecule has 14 heavy (non-hydrogen) atoms. The fraction of sp³-hybridized carbons (Fsp3) is 1.00. The third-order valence-corrected chi connectivity index (χ3v) is 4.00. The average Bonchev–Trinajstić information content (AvgIpc) is 2.16. The maximum atomic E-state index is 11.2. The van der Waals surface area contributed by atoms with Crippen molar-refractivity contribution in [3.63, 3.8) is 0 Å². The largest absolute Gasteiger partial charge is 0.353 e. The molecule has 1 saturated heterocycles. The predicted molar refractivity (Wildman–Crippen MR) is 52.4 cm³/mol. The summed E-state index contributed by atoms with van der Waals surface area (Å²) in [6.45, 7) is 0.918. The summed E-state index contributed by atoms with van der Waals surface area (Å²) < 4.78 is 34.4. The molecule has 6 heteroatoms. The zero-order valence-corrected chi connectivity index (χ0v) is 9.63. The molecule has 0 N–H and O–H groups in total. The van der Waals surface area contributed by atoms with E-state index in [1.165, 1.54) is 10.6 Å². The van der Waals surface area contributed by atoms with E-state index in [1.807, 2.05) is 0 Å². The van der Waals surface area contributed by atoms with Gasteiger partial charge in [-0.3, -0.25) is 0 Å². The van der Waals surface area contributed by atoms with Crippen LogP contribution >= 0.6 is 0 Å². The minimum Gasteiger partial charge on any atom is -0.353 e. The lowest BCUT2D eigenvalue weighted by Gasteiger charge is -2.38. The van der Waals surface area contributed by atoms with Crippen molar-refractivity contribution >= 4 is 10.0 Å². The lowest BCUT2D eigenvalue weighted by molar-refractivity contribution is -0.224. The second-order valence-electron chi connectivity index (χ2n) is 3.48. The van der Waals surface area contributed by atoms with E-state index < -0.39 is 15.8 Å². The fourth-order valence-corrected chi connectivity index (χ4v) is 2.50. The van der Waals surface area contributed by atoms with Gasteiger partial charge in [-0.2, -0.15) is 0 Å². The molecule has 0 aliphatic carbocycles. The highest BCUT2D eigenvalue weighted by atomic mass is 32.2. The van der Waals surface area contributed by atoms with Crippen LogP contribution < -0.4 is 0 Å². The first-order valence-electron chi connectivity index (χ1n) is 4.49. The summed E-state index contributed by atoms with van der Waals surface area (Å²) in [5.74, 6) is -0.596. The van der Waals surface area contributed by atoms with Gasteiger partial charge in [0.05, 0.1) is 6.26 Å². The molecular weight excluding hydrogens is 206 g/mol. The second kappa shape index (κ2) is 4.14. The normalized spacial score (nSPS) is 23.6. The Bertz CT molecular complexity index is 274. The van der Waals surface area contributed by atoms with Crippen LogP contribution in [-0.4, -0.2) is 52.1 Å². The van der Waals surface area contributed by atoms with Gasteiger partial charge in [-0.25, -0.2) is 12.7 Å². The summed E-state index contributed by atoms with van der Waals surface area (Å²) in [5, 5.41) is 0. The van der Waals surface area contributed by atoms with E-state index in [1.54, 1.807) is 14.2 Å². The van der Waals surface area contributed by atoms with Crippen molar-refractivity contribution in [3.05, 3.63) is 0 Å². The molecule has 0 atom stereocenters. The quantitative estimate of drug-likeness (QED) is 0.633. The van der Waals surface area contributed by atoms with Gasteiger partial charge in [0, 0.05) is 40.2 Å². The van der Waals surface area contributed by atoms with Crippen molar-refractivity contribution in [3.8, 4) is 0 Å². The summed E-state index contributed by atoms with van der Waals surface area (Å²) in [6, 6.07) is 0. The lowest BCUT2D eigenvalue weighted by atomic mass is 10.1. The average molecular weight is 223 g/mol. The van der Waals surface area contributed by atoms with Crippen LogP contribution in [0, 0.1) is 0 Å². The first-order valence-corrected chi connectivity index (χ1v) is 6.34. The molecule has 0 aromatic rings. The maximum absolute atomic E-state index is 11.2. The summed E-state index contributed by atoms with van der Waals surface area (Å²) in [4.78, 5) is 0. The van der Waals surface area contributed by atoms with E-state index >= 15 is 0 Å². The van der Waals surface area contributed by atoms with E-state index in [0.29, 0.717) is 25.9 Å². The van der Waals surface area contributed by atoms with Gasteiger partial charge in [0.2, 0.25) is 10.0 Å².